The van der Waals surface area contributed by atoms with E-state index in [9.17, 15) is 25.3 Å². The highest BCUT2D eigenvalue weighted by Gasteiger charge is 2.27. The first-order chi connectivity index (χ1) is 22.1. The van der Waals surface area contributed by atoms with E-state index in [4.69, 9.17) is 39.6 Å². The van der Waals surface area contributed by atoms with Gasteiger partial charge in [-0.1, -0.05) is 58.4 Å². The molecule has 6 rings (SSSR count). The van der Waals surface area contributed by atoms with Crippen molar-refractivity contribution in [1.29, 1.82) is 0 Å². The van der Waals surface area contributed by atoms with Crippen LogP contribution in [0.25, 0.3) is 0 Å². The Balaban J connectivity index is 0.000000178. The average molecular weight is 833 g/mol. The van der Waals surface area contributed by atoms with Crippen molar-refractivity contribution in [3.63, 3.8) is 0 Å². The minimum Gasteiger partial charge on any atom is -0.384 e. The quantitative estimate of drug-likeness (QED) is 0.137. The normalized spacial score (nSPS) is 16.8. The molecule has 0 saturated heterocycles. The standard InChI is InChI=1S/C10H12ClNO2S.C10H14N2O2S.C5H9Br.C5H3Cl2NO2S/c2*11-10-5-4-9(6-12-10)15(13,14)7-8-2-1-3-8;6-4-5-2-1-3-5;6-5-2-1-4(3-8-5)11(7,9)10/h4-6,8H,1-3,7H2;4-6,8H,1-3,7H2,(H2,11,12);5H,1-4H2;1-3H. The van der Waals surface area contributed by atoms with E-state index in [1.165, 1.54) is 73.4 Å². The zero-order valence-electron chi connectivity index (χ0n) is 25.5. The average Bonchev–Trinajstić information content (AvgIpc) is 2.94. The molecule has 3 aromatic heterocycles. The molecule has 3 aliphatic rings. The van der Waals surface area contributed by atoms with Gasteiger partial charge in [-0.3, -0.25) is 0 Å². The molecule has 260 valence electrons. The topological polar surface area (TPSA) is 167 Å². The highest BCUT2D eigenvalue weighted by molar-refractivity contribution is 9.09. The molecule has 0 radical (unpaired) electrons. The summed E-state index contributed by atoms with van der Waals surface area (Å²) in [5.41, 5.74) is 5.40. The molecular weight excluding hydrogens is 795 g/mol. The van der Waals surface area contributed by atoms with E-state index < -0.39 is 28.7 Å². The lowest BCUT2D eigenvalue weighted by Crippen LogP contribution is -2.22. The molecule has 3 aliphatic carbocycles. The number of hydrogen-bond acceptors (Lipinski definition) is 10. The Hall–Kier alpha value is -1.55. The molecule has 3 aromatic rings. The zero-order valence-corrected chi connectivity index (χ0v) is 31.8. The molecule has 0 aliphatic heterocycles. The molecule has 0 amide bonds. The molecule has 3 saturated carbocycles. The SMILES string of the molecule is BrCC1CCC1.Nc1ccc(S(=O)(=O)CC2CCC2)cn1.O=S(=O)(CC1CCC1)c1ccc(Cl)nc1.O=S(=O)(Cl)c1ccc(Cl)nc1. The maximum atomic E-state index is 11.9. The molecule has 0 spiro atoms. The van der Waals surface area contributed by atoms with Gasteiger partial charge in [0, 0.05) is 34.6 Å². The summed E-state index contributed by atoms with van der Waals surface area (Å²) in [4.78, 5) is 11.6. The smallest absolute Gasteiger partial charge is 0.262 e. The molecule has 3 heterocycles. The molecule has 0 unspecified atom stereocenters. The minimum atomic E-state index is -3.67. The van der Waals surface area contributed by atoms with Crippen LogP contribution in [0, 0.1) is 17.8 Å². The Morgan fingerprint density at radius 3 is 1.26 bits per heavy atom. The van der Waals surface area contributed by atoms with E-state index in [0.29, 0.717) is 22.8 Å². The zero-order chi connectivity index (χ0) is 34.7. The second kappa shape index (κ2) is 18.4. The van der Waals surface area contributed by atoms with E-state index in [2.05, 4.69) is 30.9 Å². The van der Waals surface area contributed by atoms with Crippen molar-refractivity contribution in [2.75, 3.05) is 22.6 Å². The molecule has 0 bridgehead atoms. The van der Waals surface area contributed by atoms with Gasteiger partial charge in [0.05, 0.1) is 21.3 Å². The summed E-state index contributed by atoms with van der Waals surface area (Å²) in [6.45, 7) is 0. The van der Waals surface area contributed by atoms with Gasteiger partial charge in [-0.25, -0.2) is 40.2 Å². The van der Waals surface area contributed by atoms with Gasteiger partial charge in [0.25, 0.3) is 9.05 Å². The fourth-order valence-corrected chi connectivity index (χ4v) is 9.23. The van der Waals surface area contributed by atoms with Gasteiger partial charge in [-0.15, -0.1) is 0 Å². The third kappa shape index (κ3) is 13.7. The number of sulfone groups is 2. The number of alkyl halides is 1. The number of rotatable bonds is 8. The van der Waals surface area contributed by atoms with Crippen molar-refractivity contribution >= 4 is 84.4 Å². The summed E-state index contributed by atoms with van der Waals surface area (Å²) in [5, 5.41) is 1.78. The predicted molar refractivity (Wildman–Crippen MR) is 190 cm³/mol. The number of pyridine rings is 3. The van der Waals surface area contributed by atoms with E-state index in [-0.39, 0.29) is 31.3 Å². The molecule has 2 N–H and O–H groups in total. The van der Waals surface area contributed by atoms with Crippen molar-refractivity contribution in [2.24, 2.45) is 17.8 Å². The van der Waals surface area contributed by atoms with Crippen LogP contribution in [0.15, 0.2) is 69.7 Å². The number of hydrogen-bond donors (Lipinski definition) is 1. The molecule has 0 aromatic carbocycles. The van der Waals surface area contributed by atoms with Crippen LogP contribution in [0.1, 0.15) is 57.8 Å². The maximum Gasteiger partial charge on any atom is 0.262 e. The van der Waals surface area contributed by atoms with Gasteiger partial charge in [-0.2, -0.15) is 0 Å². The Bertz CT molecular complexity index is 1650. The summed E-state index contributed by atoms with van der Waals surface area (Å²) >= 11 is 14.4. The van der Waals surface area contributed by atoms with E-state index in [0.717, 1.165) is 50.6 Å². The third-order valence-electron chi connectivity index (χ3n) is 7.96. The number of nitrogens with two attached hydrogens (primary N) is 1. The van der Waals surface area contributed by atoms with Crippen LogP contribution in [0.4, 0.5) is 5.82 Å². The Labute approximate surface area is 300 Å². The number of halogens is 4. The van der Waals surface area contributed by atoms with Crippen molar-refractivity contribution < 1.29 is 25.3 Å². The second-order valence-corrected chi connectivity index (χ2v) is 19.7. The van der Waals surface area contributed by atoms with Crippen LogP contribution in [0.5, 0.6) is 0 Å². The largest absolute Gasteiger partial charge is 0.384 e. The van der Waals surface area contributed by atoms with Gasteiger partial charge < -0.3 is 5.73 Å². The fraction of sp³-hybridized carbons (Fsp3) is 0.500. The first kappa shape index (κ1) is 39.9. The number of aromatic nitrogens is 3. The highest BCUT2D eigenvalue weighted by atomic mass is 79.9. The first-order valence-corrected chi connectivity index (χ1v) is 22.5. The van der Waals surface area contributed by atoms with Crippen molar-refractivity contribution in [3.8, 4) is 0 Å². The monoisotopic (exact) mass is 830 g/mol. The van der Waals surface area contributed by atoms with Gasteiger partial charge >= 0.3 is 0 Å². The summed E-state index contributed by atoms with van der Waals surface area (Å²) in [5.74, 6) is 2.55. The Morgan fingerprint density at radius 1 is 0.617 bits per heavy atom. The van der Waals surface area contributed by atoms with Gasteiger partial charge in [0.1, 0.15) is 21.0 Å². The predicted octanol–water partition coefficient (Wildman–Crippen LogP) is 7.39. The van der Waals surface area contributed by atoms with Crippen LogP contribution in [0.2, 0.25) is 10.3 Å². The number of anilines is 1. The maximum absolute atomic E-state index is 11.9. The van der Waals surface area contributed by atoms with Crippen LogP contribution in [-0.2, 0) is 28.7 Å². The summed E-state index contributed by atoms with van der Waals surface area (Å²) < 4.78 is 68.7. The van der Waals surface area contributed by atoms with Crippen molar-refractivity contribution in [3.05, 3.63) is 65.3 Å². The van der Waals surface area contributed by atoms with Gasteiger partial charge in [0.15, 0.2) is 19.7 Å². The molecule has 47 heavy (non-hydrogen) atoms. The summed E-state index contributed by atoms with van der Waals surface area (Å²) in [6.07, 6.45) is 14.6. The van der Waals surface area contributed by atoms with Gasteiger partial charge in [-0.05, 0) is 92.7 Å². The molecule has 0 atom stereocenters. The fourth-order valence-electron chi connectivity index (χ4n) is 4.41. The summed E-state index contributed by atoms with van der Waals surface area (Å²) in [7, 11) is -4.98. The van der Waals surface area contributed by atoms with Crippen LogP contribution >= 0.6 is 49.8 Å². The van der Waals surface area contributed by atoms with Crippen LogP contribution < -0.4 is 5.73 Å². The van der Waals surface area contributed by atoms with Crippen molar-refractivity contribution in [1.82, 2.24) is 15.0 Å². The second-order valence-electron chi connectivity index (χ2n) is 11.6. The molecule has 3 fully saturated rings. The Kier molecular flexibility index (Phi) is 15.7. The Morgan fingerprint density at radius 2 is 1.00 bits per heavy atom. The first-order valence-electron chi connectivity index (χ1n) is 15.0. The van der Waals surface area contributed by atoms with E-state index >= 15 is 0 Å². The minimum absolute atomic E-state index is 0.0523. The lowest BCUT2D eigenvalue weighted by molar-refractivity contribution is 0.347. The van der Waals surface area contributed by atoms with E-state index in [1.807, 2.05) is 0 Å². The molecule has 10 nitrogen and oxygen atoms in total. The number of nitrogens with zero attached hydrogens (tertiary/aromatic N) is 3. The molecule has 17 heteroatoms. The van der Waals surface area contributed by atoms with Crippen molar-refractivity contribution in [2.45, 2.75) is 72.5 Å². The third-order valence-corrected chi connectivity index (χ3v) is 14.4. The van der Waals surface area contributed by atoms with E-state index in [1.54, 1.807) is 0 Å². The molecular formula is C30H38BrCl3N4O6S3. The lowest BCUT2D eigenvalue weighted by atomic mass is 9.87. The number of nitrogen functional groups attached to an aromatic ring is 1. The van der Waals surface area contributed by atoms with Gasteiger partial charge in [0.2, 0.25) is 0 Å². The summed E-state index contributed by atoms with van der Waals surface area (Å²) in [6, 6.07) is 8.72. The lowest BCUT2D eigenvalue weighted by Gasteiger charge is -2.24. The van der Waals surface area contributed by atoms with Crippen LogP contribution in [-0.4, -0.2) is 57.0 Å². The highest BCUT2D eigenvalue weighted by Crippen LogP contribution is 2.30. The van der Waals surface area contributed by atoms with Crippen LogP contribution in [0.3, 0.4) is 0 Å².